The summed E-state index contributed by atoms with van der Waals surface area (Å²) in [5.41, 5.74) is -1.60. The number of nitrogens with zero attached hydrogens (tertiary/aromatic N) is 2. The van der Waals surface area contributed by atoms with Crippen LogP contribution >= 0.6 is 0 Å². The number of alkyl carbamates (subject to hydrolysis) is 1. The molecule has 0 aromatic heterocycles. The number of nitriles is 1. The van der Waals surface area contributed by atoms with E-state index in [1.54, 1.807) is 25.7 Å². The van der Waals surface area contributed by atoms with Crippen LogP contribution in [0.15, 0.2) is 0 Å². The number of hydrogen-bond donors (Lipinski definition) is 1. The number of amides is 2. The second kappa shape index (κ2) is 10.7. The van der Waals surface area contributed by atoms with Crippen molar-refractivity contribution in [2.75, 3.05) is 32.7 Å². The quantitative estimate of drug-likeness (QED) is 0.288. The third-order valence-corrected chi connectivity index (χ3v) is 9.84. The van der Waals surface area contributed by atoms with Crippen molar-refractivity contribution in [1.82, 2.24) is 10.2 Å². The Morgan fingerprint density at radius 1 is 1.05 bits per heavy atom. The average Bonchev–Trinajstić information content (AvgIpc) is 3.48. The van der Waals surface area contributed by atoms with E-state index in [4.69, 9.17) is 18.4 Å². The highest BCUT2D eigenvalue weighted by Gasteiger charge is 2.64. The Balaban J connectivity index is 1.31. The molecule has 1 heterocycles. The van der Waals surface area contributed by atoms with Gasteiger partial charge in [-0.05, 0) is 89.9 Å². The number of carbonyl (C=O) groups is 2. The first-order valence-corrected chi connectivity index (χ1v) is 16.3. The van der Waals surface area contributed by atoms with E-state index in [2.05, 4.69) is 11.4 Å². The van der Waals surface area contributed by atoms with Crippen LogP contribution in [0, 0.1) is 34.5 Å². The van der Waals surface area contributed by atoms with Crippen molar-refractivity contribution in [3.63, 3.8) is 0 Å². The van der Waals surface area contributed by atoms with Crippen LogP contribution in [0.5, 0.6) is 0 Å². The van der Waals surface area contributed by atoms with E-state index in [9.17, 15) is 23.3 Å². The molecule has 8 atom stereocenters. The SMILES string of the molecule is CC(C)(C)OC(=O)N[C@H](C(=O)N1[C@H](C#N)C[C@@H]2C[C@@H]21)C12CC3C[C@H](CC(OCCOCCOS(C)(=O)=O)(C3)C1)C2. The van der Waals surface area contributed by atoms with E-state index in [0.29, 0.717) is 43.8 Å². The molecule has 0 aromatic carbocycles. The summed E-state index contributed by atoms with van der Waals surface area (Å²) in [5, 5.41) is 12.8. The molecule has 5 aliphatic carbocycles. The predicted molar refractivity (Wildman–Crippen MR) is 143 cm³/mol. The first kappa shape index (κ1) is 29.5. The van der Waals surface area contributed by atoms with Crippen LogP contribution in [0.1, 0.15) is 72.1 Å². The van der Waals surface area contributed by atoms with Gasteiger partial charge in [0, 0.05) is 11.5 Å². The van der Waals surface area contributed by atoms with E-state index in [1.165, 1.54) is 0 Å². The smallest absolute Gasteiger partial charge is 0.408 e. The summed E-state index contributed by atoms with van der Waals surface area (Å²) in [7, 11) is -3.50. The Hall–Kier alpha value is -1.94. The van der Waals surface area contributed by atoms with E-state index >= 15 is 0 Å². The Labute approximate surface area is 237 Å². The zero-order valence-electron chi connectivity index (χ0n) is 24.0. The monoisotopic (exact) mass is 581 g/mol. The van der Waals surface area contributed by atoms with Gasteiger partial charge in [-0.3, -0.25) is 8.98 Å². The van der Waals surface area contributed by atoms with Crippen LogP contribution in [0.4, 0.5) is 4.79 Å². The lowest BCUT2D eigenvalue weighted by Gasteiger charge is -2.63. The van der Waals surface area contributed by atoms with E-state index < -0.39 is 44.9 Å². The second-order valence-corrected chi connectivity index (χ2v) is 15.4. The fraction of sp³-hybridized carbons (Fsp3) is 0.893. The maximum atomic E-state index is 14.3. The number of rotatable bonds is 11. The third-order valence-electron chi connectivity index (χ3n) is 9.24. The van der Waals surface area contributed by atoms with Crippen LogP contribution in [0.25, 0.3) is 0 Å². The summed E-state index contributed by atoms with van der Waals surface area (Å²) in [4.78, 5) is 29.1. The molecule has 6 rings (SSSR count). The number of ether oxygens (including phenoxy) is 3. The van der Waals surface area contributed by atoms with E-state index in [0.717, 1.165) is 44.8 Å². The molecule has 1 aliphatic heterocycles. The normalized spacial score (nSPS) is 36.6. The predicted octanol–water partition coefficient (Wildman–Crippen LogP) is 2.74. The Kier molecular flexibility index (Phi) is 7.92. The van der Waals surface area contributed by atoms with Gasteiger partial charge in [-0.1, -0.05) is 0 Å². The molecule has 0 spiro atoms. The number of fused-ring (bicyclic) bond motifs is 1. The zero-order valence-corrected chi connectivity index (χ0v) is 24.8. The number of piperidine rings is 1. The molecule has 1 saturated heterocycles. The molecule has 224 valence electrons. The van der Waals surface area contributed by atoms with E-state index in [-0.39, 0.29) is 25.2 Å². The molecule has 2 amide bonds. The van der Waals surface area contributed by atoms with Gasteiger partial charge in [0.15, 0.2) is 0 Å². The molecule has 4 bridgehead atoms. The second-order valence-electron chi connectivity index (χ2n) is 13.8. The van der Waals surface area contributed by atoms with Crippen LogP contribution in [-0.2, 0) is 33.3 Å². The van der Waals surface area contributed by atoms with Crippen molar-refractivity contribution in [2.24, 2.45) is 23.2 Å². The van der Waals surface area contributed by atoms with Crippen LogP contribution in [-0.4, -0.2) is 87.3 Å². The molecular weight excluding hydrogens is 538 g/mol. The lowest BCUT2D eigenvalue weighted by Crippen LogP contribution is -2.67. The van der Waals surface area contributed by atoms with Gasteiger partial charge in [0.1, 0.15) is 17.7 Å². The first-order chi connectivity index (χ1) is 18.7. The summed E-state index contributed by atoms with van der Waals surface area (Å²) in [6.45, 7) is 6.15. The summed E-state index contributed by atoms with van der Waals surface area (Å²) >= 11 is 0. The Bertz CT molecular complexity index is 1130. The maximum absolute atomic E-state index is 14.3. The number of hydrogen-bond acceptors (Lipinski definition) is 9. The third kappa shape index (κ3) is 6.42. The number of carbonyl (C=O) groups excluding carboxylic acids is 2. The fourth-order valence-corrected chi connectivity index (χ4v) is 8.73. The molecule has 5 saturated carbocycles. The molecule has 3 unspecified atom stereocenters. The van der Waals surface area contributed by atoms with Gasteiger partial charge in [0.25, 0.3) is 10.1 Å². The molecular formula is C28H43N3O8S. The number of nitrogens with one attached hydrogen (secondary N) is 1. The van der Waals surface area contributed by atoms with Gasteiger partial charge < -0.3 is 24.4 Å². The minimum atomic E-state index is -3.50. The van der Waals surface area contributed by atoms with Crippen molar-refractivity contribution in [1.29, 1.82) is 5.26 Å². The van der Waals surface area contributed by atoms with Gasteiger partial charge in [0.2, 0.25) is 5.91 Å². The largest absolute Gasteiger partial charge is 0.444 e. The standard InChI is InChI=1S/C28H43N3O8S/c1-26(2,3)39-25(33)30-23(24(32)31-21(16-29)10-20-11-22(20)31)27-12-18-9-19(13-27)15-28(14-18,17-27)37-7-5-36-6-8-38-40(4,34)35/h18-23H,5-15,17H2,1-4H3,(H,30,33)/t18-,19?,20+,21-,22-,23+,27?,28?/m0/s1. The molecule has 6 aliphatic rings. The minimum Gasteiger partial charge on any atom is -0.444 e. The molecule has 12 heteroatoms. The van der Waals surface area contributed by atoms with Crippen molar-refractivity contribution < 1.29 is 36.4 Å². The summed E-state index contributed by atoms with van der Waals surface area (Å²) in [5.74, 6) is 0.999. The van der Waals surface area contributed by atoms with Crippen molar-refractivity contribution in [2.45, 2.75) is 101 Å². The zero-order chi connectivity index (χ0) is 28.9. The van der Waals surface area contributed by atoms with Crippen molar-refractivity contribution >= 4 is 22.1 Å². The molecule has 40 heavy (non-hydrogen) atoms. The highest BCUT2D eigenvalue weighted by molar-refractivity contribution is 7.85. The molecule has 11 nitrogen and oxygen atoms in total. The molecule has 0 aromatic rings. The van der Waals surface area contributed by atoms with E-state index in [1.807, 2.05) is 0 Å². The highest BCUT2D eigenvalue weighted by atomic mass is 32.2. The van der Waals surface area contributed by atoms with Crippen molar-refractivity contribution in [3.05, 3.63) is 0 Å². The van der Waals surface area contributed by atoms with Gasteiger partial charge in [-0.15, -0.1) is 0 Å². The average molecular weight is 582 g/mol. The topological polar surface area (TPSA) is 144 Å². The molecule has 0 radical (unpaired) electrons. The Morgan fingerprint density at radius 3 is 2.35 bits per heavy atom. The van der Waals surface area contributed by atoms with Gasteiger partial charge in [-0.25, -0.2) is 4.79 Å². The minimum absolute atomic E-state index is 0.0423. The van der Waals surface area contributed by atoms with Gasteiger partial charge >= 0.3 is 6.09 Å². The van der Waals surface area contributed by atoms with Crippen LogP contribution in [0.3, 0.4) is 0 Å². The van der Waals surface area contributed by atoms with Gasteiger partial charge in [0.05, 0.1) is 44.4 Å². The Morgan fingerprint density at radius 2 is 1.73 bits per heavy atom. The maximum Gasteiger partial charge on any atom is 0.408 e. The summed E-state index contributed by atoms with van der Waals surface area (Å²) < 4.78 is 44.6. The fourth-order valence-electron chi connectivity index (χ4n) is 8.36. The molecule has 6 fully saturated rings. The lowest BCUT2D eigenvalue weighted by atomic mass is 9.46. The van der Waals surface area contributed by atoms with Gasteiger partial charge in [-0.2, -0.15) is 13.7 Å². The van der Waals surface area contributed by atoms with Crippen LogP contribution < -0.4 is 5.32 Å². The summed E-state index contributed by atoms with van der Waals surface area (Å²) in [6.07, 6.45) is 7.23. The van der Waals surface area contributed by atoms with Crippen molar-refractivity contribution in [3.8, 4) is 6.07 Å². The highest BCUT2D eigenvalue weighted by Crippen LogP contribution is 2.64. The summed E-state index contributed by atoms with van der Waals surface area (Å²) in [6, 6.07) is 1.17. The molecule has 1 N–H and O–H groups in total. The first-order valence-electron chi connectivity index (χ1n) is 14.5. The number of likely N-dealkylation sites (tertiary alicyclic amines) is 1. The van der Waals surface area contributed by atoms with Crippen LogP contribution in [0.2, 0.25) is 0 Å². The lowest BCUT2D eigenvalue weighted by molar-refractivity contribution is -0.206.